The smallest absolute Gasteiger partial charge is 0.253 e. The van der Waals surface area contributed by atoms with Crippen LogP contribution in [0.2, 0.25) is 0 Å². The fraction of sp³-hybridized carbons (Fsp3) is 0.333. The molecule has 2 aromatic carbocycles. The Kier molecular flexibility index (Phi) is 4.04. The van der Waals surface area contributed by atoms with Crippen molar-refractivity contribution in [3.8, 4) is 11.5 Å². The van der Waals surface area contributed by atoms with Crippen LogP contribution in [0.15, 0.2) is 52.9 Å². The zero-order chi connectivity index (χ0) is 18.3. The normalized spacial score (nSPS) is 19.7. The molecule has 1 aromatic heterocycles. The average molecular weight is 350 g/mol. The quantitative estimate of drug-likeness (QED) is 0.765. The van der Waals surface area contributed by atoms with Crippen LogP contribution >= 0.6 is 0 Å². The molecule has 1 aliphatic heterocycles. The third kappa shape index (κ3) is 2.99. The molecule has 0 radical (unpaired) electrons. The lowest BCUT2D eigenvalue weighted by molar-refractivity contribution is -0.0182. The van der Waals surface area contributed by atoms with Crippen molar-refractivity contribution in [2.45, 2.75) is 26.4 Å². The van der Waals surface area contributed by atoms with E-state index in [2.05, 4.69) is 4.98 Å². The Bertz CT molecular complexity index is 946. The summed E-state index contributed by atoms with van der Waals surface area (Å²) in [6, 6.07) is 15.1. The van der Waals surface area contributed by atoms with Gasteiger partial charge in [0.05, 0.1) is 6.10 Å². The second-order valence-electron chi connectivity index (χ2n) is 7.59. The average Bonchev–Trinajstić information content (AvgIpc) is 3.07. The van der Waals surface area contributed by atoms with Crippen molar-refractivity contribution in [2.75, 3.05) is 13.1 Å². The van der Waals surface area contributed by atoms with Gasteiger partial charge in [-0.15, -0.1) is 0 Å². The van der Waals surface area contributed by atoms with Gasteiger partial charge in [0.1, 0.15) is 5.52 Å². The number of aliphatic hydroxyl groups excluding tert-OH is 1. The van der Waals surface area contributed by atoms with Crippen LogP contribution in [-0.4, -0.2) is 40.1 Å². The molecule has 0 spiro atoms. The molecule has 1 aliphatic rings. The largest absolute Gasteiger partial charge is 0.436 e. The molecular weight excluding hydrogens is 328 g/mol. The second-order valence-corrected chi connectivity index (χ2v) is 7.59. The van der Waals surface area contributed by atoms with Crippen LogP contribution in [0, 0.1) is 5.41 Å². The first-order chi connectivity index (χ1) is 12.4. The Morgan fingerprint density at radius 2 is 2.00 bits per heavy atom. The summed E-state index contributed by atoms with van der Waals surface area (Å²) in [4.78, 5) is 19.2. The maximum Gasteiger partial charge on any atom is 0.253 e. The van der Waals surface area contributed by atoms with Gasteiger partial charge in [-0.2, -0.15) is 0 Å². The monoisotopic (exact) mass is 350 g/mol. The van der Waals surface area contributed by atoms with E-state index in [9.17, 15) is 9.90 Å². The topological polar surface area (TPSA) is 66.6 Å². The summed E-state index contributed by atoms with van der Waals surface area (Å²) in [7, 11) is 0. The van der Waals surface area contributed by atoms with E-state index < -0.39 is 0 Å². The molecule has 1 unspecified atom stereocenters. The number of oxazole rings is 1. The van der Waals surface area contributed by atoms with E-state index in [1.165, 1.54) is 0 Å². The number of likely N-dealkylation sites (tertiary alicyclic amines) is 1. The number of aliphatic hydroxyl groups is 1. The highest BCUT2D eigenvalue weighted by Gasteiger charge is 2.36. The summed E-state index contributed by atoms with van der Waals surface area (Å²) in [6.45, 7) is 5.09. The number of amides is 1. The zero-order valence-corrected chi connectivity index (χ0v) is 15.0. The van der Waals surface area contributed by atoms with E-state index in [1.807, 2.05) is 49.1 Å². The van der Waals surface area contributed by atoms with Gasteiger partial charge in [0.2, 0.25) is 5.89 Å². The number of benzene rings is 2. The molecule has 134 valence electrons. The molecule has 0 saturated carbocycles. The van der Waals surface area contributed by atoms with Gasteiger partial charge in [-0.1, -0.05) is 32.0 Å². The minimum Gasteiger partial charge on any atom is -0.436 e. The third-order valence-corrected chi connectivity index (χ3v) is 5.12. The number of aromatic nitrogens is 1. The van der Waals surface area contributed by atoms with Crippen LogP contribution in [0.3, 0.4) is 0 Å². The maximum absolute atomic E-state index is 12.9. The predicted molar refractivity (Wildman–Crippen MR) is 99.8 cm³/mol. The van der Waals surface area contributed by atoms with Crippen LogP contribution in [0.4, 0.5) is 0 Å². The van der Waals surface area contributed by atoms with Gasteiger partial charge < -0.3 is 14.4 Å². The van der Waals surface area contributed by atoms with Crippen molar-refractivity contribution in [3.05, 3.63) is 54.1 Å². The molecular formula is C21H22N2O3. The molecule has 1 saturated heterocycles. The Morgan fingerprint density at radius 1 is 1.23 bits per heavy atom. The van der Waals surface area contributed by atoms with Crippen molar-refractivity contribution < 1.29 is 14.3 Å². The molecule has 2 heterocycles. The summed E-state index contributed by atoms with van der Waals surface area (Å²) in [5.41, 5.74) is 2.54. The number of hydrogen-bond acceptors (Lipinski definition) is 4. The second kappa shape index (κ2) is 6.25. The summed E-state index contributed by atoms with van der Waals surface area (Å²) >= 11 is 0. The first-order valence-corrected chi connectivity index (χ1v) is 8.87. The Labute approximate surface area is 152 Å². The summed E-state index contributed by atoms with van der Waals surface area (Å²) in [6.07, 6.45) is 0.223. The summed E-state index contributed by atoms with van der Waals surface area (Å²) < 4.78 is 5.81. The SMILES string of the molecule is CC1(C)CN(C(=O)c2ccc3oc(-c4ccccc4)nc3c2)CCC1O. The van der Waals surface area contributed by atoms with Crippen LogP contribution in [0.5, 0.6) is 0 Å². The van der Waals surface area contributed by atoms with Crippen LogP contribution < -0.4 is 0 Å². The Balaban J connectivity index is 1.62. The van der Waals surface area contributed by atoms with E-state index in [-0.39, 0.29) is 17.4 Å². The van der Waals surface area contributed by atoms with Gasteiger partial charge in [-0.3, -0.25) is 4.79 Å². The van der Waals surface area contributed by atoms with Gasteiger partial charge in [0, 0.05) is 29.6 Å². The molecule has 0 bridgehead atoms. The third-order valence-electron chi connectivity index (χ3n) is 5.12. The predicted octanol–water partition coefficient (Wildman–Crippen LogP) is 3.73. The van der Waals surface area contributed by atoms with Crippen molar-refractivity contribution in [1.29, 1.82) is 0 Å². The molecule has 4 rings (SSSR count). The molecule has 5 heteroatoms. The standard InChI is InChI=1S/C21H22N2O3/c1-21(2)13-23(11-10-18(21)24)20(25)15-8-9-17-16(12-15)22-19(26-17)14-6-4-3-5-7-14/h3-9,12,18,24H,10-11,13H2,1-2H3. The first kappa shape index (κ1) is 16.8. The molecule has 3 aromatic rings. The van der Waals surface area contributed by atoms with Crippen molar-refractivity contribution in [3.63, 3.8) is 0 Å². The Morgan fingerprint density at radius 3 is 2.73 bits per heavy atom. The van der Waals surface area contributed by atoms with Gasteiger partial charge in [0.15, 0.2) is 5.58 Å². The molecule has 1 amide bonds. The van der Waals surface area contributed by atoms with Gasteiger partial charge in [0.25, 0.3) is 5.91 Å². The van der Waals surface area contributed by atoms with Crippen LogP contribution in [0.25, 0.3) is 22.6 Å². The first-order valence-electron chi connectivity index (χ1n) is 8.87. The lowest BCUT2D eigenvalue weighted by Gasteiger charge is -2.41. The highest BCUT2D eigenvalue weighted by Crippen LogP contribution is 2.30. The Hall–Kier alpha value is -2.66. The lowest BCUT2D eigenvalue weighted by atomic mass is 9.81. The van der Waals surface area contributed by atoms with E-state index in [0.717, 1.165) is 5.56 Å². The summed E-state index contributed by atoms with van der Waals surface area (Å²) in [5.74, 6) is 0.517. The van der Waals surface area contributed by atoms with Crippen LogP contribution in [0.1, 0.15) is 30.6 Å². The number of nitrogens with zero attached hydrogens (tertiary/aromatic N) is 2. The molecule has 5 nitrogen and oxygen atoms in total. The number of fused-ring (bicyclic) bond motifs is 1. The van der Waals surface area contributed by atoms with Crippen molar-refractivity contribution in [1.82, 2.24) is 9.88 Å². The molecule has 26 heavy (non-hydrogen) atoms. The fourth-order valence-electron chi connectivity index (χ4n) is 3.47. The molecule has 1 atom stereocenters. The molecule has 1 fully saturated rings. The number of piperidine rings is 1. The minimum absolute atomic E-state index is 0.0314. The van der Waals surface area contributed by atoms with Crippen LogP contribution in [-0.2, 0) is 0 Å². The highest BCUT2D eigenvalue weighted by molar-refractivity contribution is 5.97. The lowest BCUT2D eigenvalue weighted by Crippen LogP contribution is -2.50. The van der Waals surface area contributed by atoms with Gasteiger partial charge in [-0.05, 0) is 36.8 Å². The minimum atomic E-state index is -0.377. The van der Waals surface area contributed by atoms with Crippen molar-refractivity contribution in [2.24, 2.45) is 5.41 Å². The van der Waals surface area contributed by atoms with Gasteiger partial charge >= 0.3 is 0 Å². The number of carbonyl (C=O) groups excluding carboxylic acids is 1. The molecule has 1 N–H and O–H groups in total. The van der Waals surface area contributed by atoms with E-state index in [1.54, 1.807) is 18.2 Å². The number of rotatable bonds is 2. The fourth-order valence-corrected chi connectivity index (χ4v) is 3.47. The van der Waals surface area contributed by atoms with E-state index >= 15 is 0 Å². The van der Waals surface area contributed by atoms with E-state index in [4.69, 9.17) is 4.42 Å². The van der Waals surface area contributed by atoms with Crippen molar-refractivity contribution >= 4 is 17.0 Å². The maximum atomic E-state index is 12.9. The summed E-state index contributed by atoms with van der Waals surface area (Å²) in [5, 5.41) is 10.1. The zero-order valence-electron chi connectivity index (χ0n) is 15.0. The molecule has 0 aliphatic carbocycles. The number of carbonyl (C=O) groups is 1. The van der Waals surface area contributed by atoms with Gasteiger partial charge in [-0.25, -0.2) is 4.98 Å². The number of hydrogen-bond donors (Lipinski definition) is 1. The van der Waals surface area contributed by atoms with E-state index in [0.29, 0.717) is 42.1 Å². The highest BCUT2D eigenvalue weighted by atomic mass is 16.3.